The van der Waals surface area contributed by atoms with Crippen LogP contribution in [0.3, 0.4) is 0 Å². The van der Waals surface area contributed by atoms with Gasteiger partial charge < -0.3 is 18.2 Å². The summed E-state index contributed by atoms with van der Waals surface area (Å²) in [4.78, 5) is 2.33. The van der Waals surface area contributed by atoms with Crippen molar-refractivity contribution in [2.45, 2.75) is 0 Å². The van der Waals surface area contributed by atoms with Gasteiger partial charge in [-0.2, -0.15) is 0 Å². The molecule has 0 N–H and O–H groups in total. The van der Waals surface area contributed by atoms with E-state index < -0.39 is 0 Å². The van der Waals surface area contributed by atoms with Crippen LogP contribution in [0.5, 0.6) is 0 Å². The summed E-state index contributed by atoms with van der Waals surface area (Å²) >= 11 is 0. The SMILES string of the molecule is c1ccc2c(c1)cc(-c1ccc(N(c3ccc(-c4cc5ccccc5c5c4oc4ccccc45)cc3)c3cc4ccccc4c4c3oc3ccccc34)cc1)c1oc3ccccc3c12. The molecule has 4 heteroatoms. The summed E-state index contributed by atoms with van der Waals surface area (Å²) in [6.07, 6.45) is 0. The standard InChI is InChI=1S/C60H35NO3/c1-4-16-43-38(13-1)33-49(58-55(43)46-19-7-10-22-52(46)62-58)36-25-29-41(30-26-36)61(51-35-40-15-3-6-18-45(40)57-48-21-9-12-24-54(48)64-60(51)57)42-31-27-37(28-32-42)50-34-39-14-2-5-17-44(39)56-47-20-8-11-23-53(47)63-59(50)56/h1-35H. The van der Waals surface area contributed by atoms with E-state index in [0.29, 0.717) is 0 Å². The molecular formula is C60H35NO3. The van der Waals surface area contributed by atoms with Crippen molar-refractivity contribution in [3.63, 3.8) is 0 Å². The van der Waals surface area contributed by atoms with Gasteiger partial charge in [-0.3, -0.25) is 0 Å². The fraction of sp³-hybridized carbons (Fsp3) is 0. The summed E-state index contributed by atoms with van der Waals surface area (Å²) in [5.41, 5.74) is 12.5. The monoisotopic (exact) mass is 817 g/mol. The predicted molar refractivity (Wildman–Crippen MR) is 266 cm³/mol. The lowest BCUT2D eigenvalue weighted by Gasteiger charge is -2.26. The molecule has 0 saturated carbocycles. The normalized spacial score (nSPS) is 12.1. The number of para-hydroxylation sites is 3. The molecule has 0 amide bonds. The molecule has 0 spiro atoms. The minimum atomic E-state index is 0.838. The number of fused-ring (bicyclic) bond motifs is 15. The number of benzene rings is 11. The molecular weight excluding hydrogens is 783 g/mol. The van der Waals surface area contributed by atoms with Crippen molar-refractivity contribution >= 4 is 115 Å². The van der Waals surface area contributed by atoms with E-state index in [0.717, 1.165) is 116 Å². The van der Waals surface area contributed by atoms with Crippen LogP contribution in [0.15, 0.2) is 226 Å². The van der Waals surface area contributed by atoms with Gasteiger partial charge in [-0.05, 0) is 104 Å². The van der Waals surface area contributed by atoms with Crippen LogP contribution in [0.1, 0.15) is 0 Å². The second-order valence-corrected chi connectivity index (χ2v) is 16.7. The van der Waals surface area contributed by atoms with Gasteiger partial charge in [-0.25, -0.2) is 0 Å². The van der Waals surface area contributed by atoms with Crippen molar-refractivity contribution in [3.05, 3.63) is 212 Å². The smallest absolute Gasteiger partial charge is 0.160 e. The zero-order valence-corrected chi connectivity index (χ0v) is 34.4. The molecule has 0 saturated heterocycles. The van der Waals surface area contributed by atoms with E-state index in [4.69, 9.17) is 13.3 Å². The largest absolute Gasteiger partial charge is 0.455 e. The van der Waals surface area contributed by atoms with Gasteiger partial charge in [0.2, 0.25) is 0 Å². The number of anilines is 3. The van der Waals surface area contributed by atoms with Gasteiger partial charge in [0.25, 0.3) is 0 Å². The molecule has 11 aromatic carbocycles. The van der Waals surface area contributed by atoms with Gasteiger partial charge in [0, 0.05) is 54.8 Å². The van der Waals surface area contributed by atoms with Gasteiger partial charge in [0.15, 0.2) is 5.58 Å². The summed E-state index contributed by atoms with van der Waals surface area (Å²) in [6, 6.07) is 75.4. The minimum absolute atomic E-state index is 0.838. The molecule has 64 heavy (non-hydrogen) atoms. The molecule has 0 aliphatic carbocycles. The van der Waals surface area contributed by atoms with Crippen LogP contribution in [-0.2, 0) is 0 Å². The molecule has 0 unspecified atom stereocenters. The fourth-order valence-electron chi connectivity index (χ4n) is 10.3. The zero-order valence-electron chi connectivity index (χ0n) is 34.4. The molecule has 0 fully saturated rings. The Morgan fingerprint density at radius 1 is 0.281 bits per heavy atom. The third-order valence-electron chi connectivity index (χ3n) is 13.2. The van der Waals surface area contributed by atoms with Crippen molar-refractivity contribution in [1.82, 2.24) is 0 Å². The van der Waals surface area contributed by atoms with Crippen LogP contribution in [0.4, 0.5) is 17.1 Å². The third-order valence-corrected chi connectivity index (χ3v) is 13.2. The van der Waals surface area contributed by atoms with Crippen LogP contribution >= 0.6 is 0 Å². The number of furan rings is 3. The van der Waals surface area contributed by atoms with E-state index >= 15 is 0 Å². The number of nitrogens with zero attached hydrogens (tertiary/aromatic N) is 1. The summed E-state index contributed by atoms with van der Waals surface area (Å²) in [5, 5.41) is 13.8. The Morgan fingerprint density at radius 2 is 0.609 bits per heavy atom. The Bertz CT molecular complexity index is 3990. The molecule has 0 atom stereocenters. The second kappa shape index (κ2) is 13.4. The van der Waals surface area contributed by atoms with Gasteiger partial charge in [-0.1, -0.05) is 152 Å². The number of rotatable bonds is 5. The number of hydrogen-bond acceptors (Lipinski definition) is 4. The first kappa shape index (κ1) is 35.0. The number of hydrogen-bond donors (Lipinski definition) is 0. The highest BCUT2D eigenvalue weighted by atomic mass is 16.3. The van der Waals surface area contributed by atoms with Crippen molar-refractivity contribution in [3.8, 4) is 22.3 Å². The molecule has 0 aliphatic rings. The maximum Gasteiger partial charge on any atom is 0.160 e. The average Bonchev–Trinajstić information content (AvgIpc) is 4.07. The van der Waals surface area contributed by atoms with Crippen molar-refractivity contribution in [2.75, 3.05) is 4.90 Å². The Morgan fingerprint density at radius 3 is 1.03 bits per heavy atom. The lowest BCUT2D eigenvalue weighted by molar-refractivity contribution is 0.669. The molecule has 3 aromatic heterocycles. The van der Waals surface area contributed by atoms with E-state index in [1.807, 2.05) is 18.2 Å². The summed E-state index contributed by atoms with van der Waals surface area (Å²) in [7, 11) is 0. The van der Waals surface area contributed by atoms with E-state index in [1.54, 1.807) is 0 Å². The maximum atomic E-state index is 6.87. The highest BCUT2D eigenvalue weighted by molar-refractivity contribution is 6.25. The van der Waals surface area contributed by atoms with E-state index in [2.05, 4.69) is 199 Å². The van der Waals surface area contributed by atoms with Crippen LogP contribution in [0, 0.1) is 0 Å². The summed E-state index contributed by atoms with van der Waals surface area (Å²) in [6.45, 7) is 0. The topological polar surface area (TPSA) is 42.7 Å². The Kier molecular flexibility index (Phi) is 7.36. The van der Waals surface area contributed by atoms with E-state index in [-0.39, 0.29) is 0 Å². The van der Waals surface area contributed by atoms with Crippen molar-refractivity contribution in [2.24, 2.45) is 0 Å². The lowest BCUT2D eigenvalue weighted by atomic mass is 9.95. The van der Waals surface area contributed by atoms with Gasteiger partial charge in [-0.15, -0.1) is 0 Å². The van der Waals surface area contributed by atoms with Crippen molar-refractivity contribution < 1.29 is 13.3 Å². The first-order chi connectivity index (χ1) is 31.7. The van der Waals surface area contributed by atoms with Crippen LogP contribution in [0.25, 0.3) is 120 Å². The van der Waals surface area contributed by atoms with Crippen LogP contribution in [0.2, 0.25) is 0 Å². The predicted octanol–water partition coefficient (Wildman–Crippen LogP) is 17.6. The molecule has 298 valence electrons. The van der Waals surface area contributed by atoms with Crippen molar-refractivity contribution in [1.29, 1.82) is 0 Å². The third kappa shape index (κ3) is 5.11. The molecule has 0 radical (unpaired) electrons. The Labute approximate surface area is 366 Å². The van der Waals surface area contributed by atoms with Gasteiger partial charge >= 0.3 is 0 Å². The molecule has 3 heterocycles. The van der Waals surface area contributed by atoms with E-state index in [1.165, 1.54) is 21.5 Å². The van der Waals surface area contributed by atoms with E-state index in [9.17, 15) is 0 Å². The molecule has 14 aromatic rings. The first-order valence-corrected chi connectivity index (χ1v) is 21.7. The van der Waals surface area contributed by atoms with Crippen LogP contribution in [-0.4, -0.2) is 0 Å². The molecule has 0 aliphatic heterocycles. The summed E-state index contributed by atoms with van der Waals surface area (Å²) < 4.78 is 20.2. The zero-order chi connectivity index (χ0) is 41.9. The lowest BCUT2D eigenvalue weighted by Crippen LogP contribution is -2.10. The van der Waals surface area contributed by atoms with Crippen LogP contribution < -0.4 is 4.90 Å². The van der Waals surface area contributed by atoms with Gasteiger partial charge in [0.05, 0.1) is 5.69 Å². The minimum Gasteiger partial charge on any atom is -0.455 e. The highest BCUT2D eigenvalue weighted by Gasteiger charge is 2.24. The molecule has 4 nitrogen and oxygen atoms in total. The first-order valence-electron chi connectivity index (χ1n) is 21.7. The Balaban J connectivity index is 0.979. The maximum absolute atomic E-state index is 6.87. The highest BCUT2D eigenvalue weighted by Crippen LogP contribution is 2.48. The summed E-state index contributed by atoms with van der Waals surface area (Å²) in [5.74, 6) is 0. The average molecular weight is 818 g/mol. The Hall–Kier alpha value is -8.60. The quantitative estimate of drug-likeness (QED) is 0.173. The van der Waals surface area contributed by atoms with Gasteiger partial charge in [0.1, 0.15) is 27.9 Å². The fourth-order valence-corrected chi connectivity index (χ4v) is 10.3. The second-order valence-electron chi connectivity index (χ2n) is 16.7. The molecule has 0 bridgehead atoms. The molecule has 14 rings (SSSR count).